The number of nitrogens with two attached hydrogens (primary N) is 1. The van der Waals surface area contributed by atoms with Crippen molar-refractivity contribution in [3.05, 3.63) is 23.9 Å². The van der Waals surface area contributed by atoms with Gasteiger partial charge < -0.3 is 15.8 Å². The molecule has 0 unspecified atom stereocenters. The number of nitrogens with one attached hydrogen (secondary N) is 1. The standard InChI is InChI=1S/C13H21N3O2/c1-10(2)18-8-4-3-7-15-12-6-5-11(9-16-12)13(14)17/h5-6,9-10H,3-4,7-8H2,1-2H3,(H2,14,17)(H,15,16). The minimum absolute atomic E-state index is 0.293. The SMILES string of the molecule is CC(C)OCCCCNc1ccc(C(N)=O)cn1. The van der Waals surface area contributed by atoms with Crippen molar-refractivity contribution in [2.24, 2.45) is 5.73 Å². The van der Waals surface area contributed by atoms with Crippen molar-refractivity contribution in [3.63, 3.8) is 0 Å². The van der Waals surface area contributed by atoms with Crippen molar-refractivity contribution >= 4 is 11.7 Å². The Balaban J connectivity index is 2.17. The Morgan fingerprint density at radius 2 is 2.22 bits per heavy atom. The van der Waals surface area contributed by atoms with Crippen LogP contribution in [0.1, 0.15) is 37.0 Å². The van der Waals surface area contributed by atoms with Gasteiger partial charge in [0.15, 0.2) is 0 Å². The molecule has 5 nitrogen and oxygen atoms in total. The average molecular weight is 251 g/mol. The van der Waals surface area contributed by atoms with Crippen molar-refractivity contribution in [3.8, 4) is 0 Å². The third kappa shape index (κ3) is 5.63. The predicted molar refractivity (Wildman–Crippen MR) is 71.6 cm³/mol. The lowest BCUT2D eigenvalue weighted by Gasteiger charge is -2.08. The maximum absolute atomic E-state index is 10.8. The first-order valence-electron chi connectivity index (χ1n) is 6.21. The van der Waals surface area contributed by atoms with Gasteiger partial charge in [-0.3, -0.25) is 4.79 Å². The normalized spacial score (nSPS) is 10.6. The van der Waals surface area contributed by atoms with Crippen LogP contribution in [0.4, 0.5) is 5.82 Å². The highest BCUT2D eigenvalue weighted by Crippen LogP contribution is 2.05. The van der Waals surface area contributed by atoms with Crippen LogP contribution in [0.25, 0.3) is 0 Å². The number of aromatic nitrogens is 1. The number of hydrogen-bond acceptors (Lipinski definition) is 4. The Morgan fingerprint density at radius 1 is 1.44 bits per heavy atom. The third-order valence-corrected chi connectivity index (χ3v) is 2.38. The van der Waals surface area contributed by atoms with Gasteiger partial charge in [0.05, 0.1) is 11.7 Å². The molecule has 0 aromatic carbocycles. The van der Waals surface area contributed by atoms with Crippen LogP contribution >= 0.6 is 0 Å². The first-order valence-corrected chi connectivity index (χ1v) is 6.21. The summed E-state index contributed by atoms with van der Waals surface area (Å²) in [6, 6.07) is 3.42. The number of hydrogen-bond donors (Lipinski definition) is 2. The number of amides is 1. The molecule has 1 aromatic heterocycles. The van der Waals surface area contributed by atoms with Crippen LogP contribution < -0.4 is 11.1 Å². The summed E-state index contributed by atoms with van der Waals surface area (Å²) in [5.41, 5.74) is 5.55. The molecule has 0 saturated carbocycles. The number of carbonyl (C=O) groups is 1. The lowest BCUT2D eigenvalue weighted by molar-refractivity contribution is 0.0765. The summed E-state index contributed by atoms with van der Waals surface area (Å²) >= 11 is 0. The maximum Gasteiger partial charge on any atom is 0.250 e. The number of pyridine rings is 1. The lowest BCUT2D eigenvalue weighted by atomic mass is 10.2. The molecule has 3 N–H and O–H groups in total. The second-order valence-electron chi connectivity index (χ2n) is 4.35. The van der Waals surface area contributed by atoms with Crippen LogP contribution in [0.3, 0.4) is 0 Å². The molecule has 0 aliphatic heterocycles. The number of nitrogens with zero attached hydrogens (tertiary/aromatic N) is 1. The van der Waals surface area contributed by atoms with E-state index in [2.05, 4.69) is 10.3 Å². The Kier molecular flexibility index (Phi) is 6.14. The summed E-state index contributed by atoms with van der Waals surface area (Å²) < 4.78 is 5.44. The van der Waals surface area contributed by atoms with E-state index in [1.54, 1.807) is 12.1 Å². The quantitative estimate of drug-likeness (QED) is 0.691. The molecule has 0 aliphatic rings. The summed E-state index contributed by atoms with van der Waals surface area (Å²) in [7, 11) is 0. The van der Waals surface area contributed by atoms with Crippen molar-refractivity contribution in [2.75, 3.05) is 18.5 Å². The van der Waals surface area contributed by atoms with Gasteiger partial charge in [-0.15, -0.1) is 0 Å². The largest absolute Gasteiger partial charge is 0.379 e. The zero-order chi connectivity index (χ0) is 13.4. The number of rotatable bonds is 8. The van der Waals surface area contributed by atoms with E-state index in [9.17, 15) is 4.79 Å². The first-order chi connectivity index (χ1) is 8.59. The highest BCUT2D eigenvalue weighted by molar-refractivity contribution is 5.92. The molecular weight excluding hydrogens is 230 g/mol. The Bertz CT molecular complexity index is 363. The number of unbranched alkanes of at least 4 members (excludes halogenated alkanes) is 1. The summed E-state index contributed by atoms with van der Waals surface area (Å²) in [6.45, 7) is 5.68. The van der Waals surface area contributed by atoms with Crippen LogP contribution in [-0.2, 0) is 4.74 Å². The minimum atomic E-state index is -0.458. The van der Waals surface area contributed by atoms with Gasteiger partial charge in [-0.05, 0) is 38.8 Å². The fourth-order valence-corrected chi connectivity index (χ4v) is 1.41. The first kappa shape index (κ1) is 14.4. The number of primary amides is 1. The van der Waals surface area contributed by atoms with Gasteiger partial charge >= 0.3 is 0 Å². The third-order valence-electron chi connectivity index (χ3n) is 2.38. The van der Waals surface area contributed by atoms with Gasteiger partial charge in [-0.25, -0.2) is 4.98 Å². The van der Waals surface area contributed by atoms with Crippen molar-refractivity contribution in [1.82, 2.24) is 4.98 Å². The molecular formula is C13H21N3O2. The van der Waals surface area contributed by atoms with Crippen molar-refractivity contribution < 1.29 is 9.53 Å². The molecule has 0 saturated heterocycles. The second kappa shape index (κ2) is 7.66. The smallest absolute Gasteiger partial charge is 0.250 e. The fourth-order valence-electron chi connectivity index (χ4n) is 1.41. The highest BCUT2D eigenvalue weighted by atomic mass is 16.5. The summed E-state index contributed by atoms with van der Waals surface area (Å²) in [4.78, 5) is 15.0. The van der Waals surface area contributed by atoms with E-state index < -0.39 is 5.91 Å². The van der Waals surface area contributed by atoms with E-state index in [1.165, 1.54) is 6.20 Å². The van der Waals surface area contributed by atoms with Crippen LogP contribution in [0.15, 0.2) is 18.3 Å². The topological polar surface area (TPSA) is 77.2 Å². The fraction of sp³-hybridized carbons (Fsp3) is 0.538. The average Bonchev–Trinajstić information content (AvgIpc) is 2.34. The van der Waals surface area contributed by atoms with E-state index in [0.717, 1.165) is 31.8 Å². The zero-order valence-corrected chi connectivity index (χ0v) is 11.0. The predicted octanol–water partition coefficient (Wildman–Crippen LogP) is 1.80. The van der Waals surface area contributed by atoms with Gasteiger partial charge in [0, 0.05) is 19.3 Å². The van der Waals surface area contributed by atoms with Gasteiger partial charge in [-0.2, -0.15) is 0 Å². The van der Waals surface area contributed by atoms with E-state index in [0.29, 0.717) is 11.7 Å². The molecule has 5 heteroatoms. The molecule has 0 aliphatic carbocycles. The molecule has 1 aromatic rings. The van der Waals surface area contributed by atoms with Gasteiger partial charge in [0.1, 0.15) is 5.82 Å². The number of anilines is 1. The molecule has 0 spiro atoms. The number of ether oxygens (including phenoxy) is 1. The van der Waals surface area contributed by atoms with Crippen molar-refractivity contribution in [1.29, 1.82) is 0 Å². The Labute approximate surface area is 108 Å². The van der Waals surface area contributed by atoms with Crippen LogP contribution in [0.5, 0.6) is 0 Å². The van der Waals surface area contributed by atoms with E-state index in [-0.39, 0.29) is 0 Å². The van der Waals surface area contributed by atoms with E-state index >= 15 is 0 Å². The Hall–Kier alpha value is -1.62. The molecule has 0 fully saturated rings. The van der Waals surface area contributed by atoms with Gasteiger partial charge in [-0.1, -0.05) is 0 Å². The molecule has 1 rings (SSSR count). The monoisotopic (exact) mass is 251 g/mol. The number of carbonyl (C=O) groups excluding carboxylic acids is 1. The molecule has 0 radical (unpaired) electrons. The molecule has 1 heterocycles. The van der Waals surface area contributed by atoms with E-state index in [1.807, 2.05) is 13.8 Å². The molecule has 1 amide bonds. The zero-order valence-electron chi connectivity index (χ0n) is 11.0. The van der Waals surface area contributed by atoms with Crippen LogP contribution in [0.2, 0.25) is 0 Å². The Morgan fingerprint density at radius 3 is 2.78 bits per heavy atom. The highest BCUT2D eigenvalue weighted by Gasteiger charge is 2.00. The van der Waals surface area contributed by atoms with E-state index in [4.69, 9.17) is 10.5 Å². The van der Waals surface area contributed by atoms with Gasteiger partial charge in [0.2, 0.25) is 5.91 Å². The minimum Gasteiger partial charge on any atom is -0.379 e. The summed E-state index contributed by atoms with van der Waals surface area (Å²) in [5, 5.41) is 3.18. The maximum atomic E-state index is 10.8. The van der Waals surface area contributed by atoms with Crippen molar-refractivity contribution in [2.45, 2.75) is 32.8 Å². The summed E-state index contributed by atoms with van der Waals surface area (Å²) in [6.07, 6.45) is 3.81. The van der Waals surface area contributed by atoms with Crippen LogP contribution in [-0.4, -0.2) is 30.1 Å². The summed E-state index contributed by atoms with van der Waals surface area (Å²) in [5.74, 6) is 0.296. The second-order valence-corrected chi connectivity index (χ2v) is 4.35. The van der Waals surface area contributed by atoms with Gasteiger partial charge in [0.25, 0.3) is 0 Å². The van der Waals surface area contributed by atoms with Crippen LogP contribution in [0, 0.1) is 0 Å². The lowest BCUT2D eigenvalue weighted by Crippen LogP contribution is -2.12. The molecule has 0 bridgehead atoms. The molecule has 100 valence electrons. The molecule has 18 heavy (non-hydrogen) atoms. The molecule has 0 atom stereocenters.